The smallest absolute Gasteiger partial charge is 0.319 e. The van der Waals surface area contributed by atoms with Gasteiger partial charge in [0.05, 0.1) is 7.11 Å². The largest absolute Gasteiger partial charge is 0.468 e. The van der Waals surface area contributed by atoms with Gasteiger partial charge in [-0.3, -0.25) is 9.59 Å². The molecule has 0 N–H and O–H groups in total. The summed E-state index contributed by atoms with van der Waals surface area (Å²) in [4.78, 5) is 28.8. The first-order chi connectivity index (χ1) is 18.8. The Morgan fingerprint density at radius 1 is 1.02 bits per heavy atom. The third-order valence-electron chi connectivity index (χ3n) is 14.2. The number of hydrogen-bond donors (Lipinski definition) is 0. The van der Waals surface area contributed by atoms with Crippen molar-refractivity contribution in [3.63, 3.8) is 0 Å². The van der Waals surface area contributed by atoms with Crippen LogP contribution in [-0.2, 0) is 14.3 Å². The first-order valence-electron chi connectivity index (χ1n) is 15.8. The highest BCUT2D eigenvalue weighted by atomic mass is 32.1. The Hall–Kier alpha value is -1.68. The number of carbonyl (C=O) groups is 2. The average Bonchev–Trinajstić information content (AvgIpc) is 3.43. The van der Waals surface area contributed by atoms with Crippen molar-refractivity contribution in [2.24, 2.45) is 56.7 Å². The normalized spacial score (nSPS) is 49.3. The molecular formula is C36H50O3S. The Bertz CT molecular complexity index is 1270. The van der Waals surface area contributed by atoms with Gasteiger partial charge < -0.3 is 4.74 Å². The maximum Gasteiger partial charge on any atom is 0.319 e. The number of thiophene rings is 1. The summed E-state index contributed by atoms with van der Waals surface area (Å²) in [5.41, 5.74) is 1.97. The molecule has 4 heteroatoms. The van der Waals surface area contributed by atoms with Gasteiger partial charge in [0.15, 0.2) is 5.78 Å². The third kappa shape index (κ3) is 3.53. The van der Waals surface area contributed by atoms with Crippen LogP contribution in [0.15, 0.2) is 34.7 Å². The molecule has 6 rings (SSSR count). The van der Waals surface area contributed by atoms with Gasteiger partial charge in [0.25, 0.3) is 0 Å². The first-order valence-corrected chi connectivity index (χ1v) is 16.7. The lowest BCUT2D eigenvalue weighted by Gasteiger charge is -2.71. The highest BCUT2D eigenvalue weighted by molar-refractivity contribution is 7.10. The first kappa shape index (κ1) is 28.4. The van der Waals surface area contributed by atoms with Crippen LogP contribution in [-0.4, -0.2) is 18.9 Å². The van der Waals surface area contributed by atoms with E-state index >= 15 is 0 Å². The summed E-state index contributed by atoms with van der Waals surface area (Å²) in [5.74, 6) is 2.18. The van der Waals surface area contributed by atoms with Crippen LogP contribution < -0.4 is 0 Å². The van der Waals surface area contributed by atoms with Crippen LogP contribution in [0.25, 0.3) is 6.08 Å². The van der Waals surface area contributed by atoms with E-state index in [1.807, 2.05) is 13.0 Å². The lowest BCUT2D eigenvalue weighted by molar-refractivity contribution is -0.192. The SMILES string of the molecule is COC(=O)[C@@]1(C)C(=O)/C(=C/c2cccs2)C[C@]2(C)[C@H]3CC=C4[C@@H]5[C@@H](C)[C@H](C)CC[C@]5(C)CC[C@@]4(C)[C@]3(C)CC[C@@H]12. The highest BCUT2D eigenvalue weighted by Gasteiger charge is 2.70. The number of allylic oxidation sites excluding steroid dienone is 3. The maximum absolute atomic E-state index is 14.2. The number of ketones is 1. The lowest BCUT2D eigenvalue weighted by Crippen LogP contribution is -2.66. The van der Waals surface area contributed by atoms with Crippen molar-refractivity contribution in [2.45, 2.75) is 99.8 Å². The van der Waals surface area contributed by atoms with E-state index < -0.39 is 5.41 Å². The summed E-state index contributed by atoms with van der Waals surface area (Å²) in [6.07, 6.45) is 13.8. The van der Waals surface area contributed by atoms with E-state index in [2.05, 4.69) is 65.1 Å². The zero-order valence-electron chi connectivity index (χ0n) is 26.1. The molecule has 10 atom stereocenters. The van der Waals surface area contributed by atoms with Crippen molar-refractivity contribution < 1.29 is 14.3 Å². The molecule has 1 heterocycles. The van der Waals surface area contributed by atoms with Crippen LogP contribution in [0, 0.1) is 56.7 Å². The number of Topliss-reactive ketones (excluding diaryl/α,β-unsaturated/α-hetero) is 1. The second kappa shape index (κ2) is 9.16. The molecule has 0 bridgehead atoms. The zero-order chi connectivity index (χ0) is 28.9. The van der Waals surface area contributed by atoms with Crippen LogP contribution in [0.1, 0.15) is 105 Å². The van der Waals surface area contributed by atoms with Crippen molar-refractivity contribution in [1.82, 2.24) is 0 Å². The van der Waals surface area contributed by atoms with E-state index in [1.165, 1.54) is 32.8 Å². The number of hydrogen-bond acceptors (Lipinski definition) is 4. The molecule has 1 aromatic heterocycles. The van der Waals surface area contributed by atoms with Gasteiger partial charge in [0.2, 0.25) is 0 Å². The summed E-state index contributed by atoms with van der Waals surface area (Å²) in [7, 11) is 1.45. The summed E-state index contributed by atoms with van der Waals surface area (Å²) < 4.78 is 5.40. The number of methoxy groups -OCH3 is 1. The van der Waals surface area contributed by atoms with Crippen LogP contribution >= 0.6 is 11.3 Å². The fourth-order valence-electron chi connectivity index (χ4n) is 11.5. The molecule has 40 heavy (non-hydrogen) atoms. The van der Waals surface area contributed by atoms with Gasteiger partial charge in [-0.2, -0.15) is 0 Å². The van der Waals surface area contributed by atoms with Gasteiger partial charge in [-0.25, -0.2) is 0 Å². The Morgan fingerprint density at radius 3 is 2.45 bits per heavy atom. The Morgan fingerprint density at radius 2 is 1.77 bits per heavy atom. The molecule has 0 aromatic carbocycles. The van der Waals surface area contributed by atoms with Crippen LogP contribution in [0.3, 0.4) is 0 Å². The molecular weight excluding hydrogens is 512 g/mol. The van der Waals surface area contributed by atoms with Gasteiger partial charge in [-0.1, -0.05) is 59.3 Å². The van der Waals surface area contributed by atoms with E-state index in [0.29, 0.717) is 23.2 Å². The minimum Gasteiger partial charge on any atom is -0.468 e. The van der Waals surface area contributed by atoms with Crippen molar-refractivity contribution >= 4 is 29.2 Å². The topological polar surface area (TPSA) is 43.4 Å². The summed E-state index contributed by atoms with van der Waals surface area (Å²) in [6, 6.07) is 4.10. The molecule has 5 aliphatic carbocycles. The van der Waals surface area contributed by atoms with E-state index in [0.717, 1.165) is 42.1 Å². The summed E-state index contributed by atoms with van der Waals surface area (Å²) in [6.45, 7) is 17.1. The van der Waals surface area contributed by atoms with E-state index in [-0.39, 0.29) is 33.9 Å². The minimum absolute atomic E-state index is 0.0143. The number of carbonyl (C=O) groups excluding carboxylic acids is 2. The average molecular weight is 563 g/mol. The molecule has 5 aliphatic rings. The van der Waals surface area contributed by atoms with Gasteiger partial charge >= 0.3 is 5.97 Å². The Kier molecular flexibility index (Phi) is 6.51. The summed E-state index contributed by atoms with van der Waals surface area (Å²) >= 11 is 1.65. The second-order valence-corrected chi connectivity index (χ2v) is 16.7. The molecule has 1 aromatic rings. The van der Waals surface area contributed by atoms with Crippen molar-refractivity contribution in [2.75, 3.05) is 7.11 Å². The molecule has 4 saturated carbocycles. The van der Waals surface area contributed by atoms with E-state index in [1.54, 1.807) is 16.9 Å². The Balaban J connectivity index is 1.48. The predicted molar refractivity (Wildman–Crippen MR) is 164 cm³/mol. The van der Waals surface area contributed by atoms with Crippen molar-refractivity contribution in [1.29, 1.82) is 0 Å². The number of esters is 1. The molecule has 0 unspecified atom stereocenters. The molecule has 218 valence electrons. The van der Waals surface area contributed by atoms with Crippen molar-refractivity contribution in [3.8, 4) is 0 Å². The van der Waals surface area contributed by atoms with Crippen LogP contribution in [0.2, 0.25) is 0 Å². The molecule has 0 radical (unpaired) electrons. The molecule has 0 saturated heterocycles. The monoisotopic (exact) mass is 562 g/mol. The van der Waals surface area contributed by atoms with Gasteiger partial charge in [-0.15, -0.1) is 11.3 Å². The fraction of sp³-hybridized carbons (Fsp3) is 0.722. The molecule has 0 aliphatic heterocycles. The standard InChI is InChI=1S/C36H50O3S/c1-22-13-15-32(3)17-18-34(5)26(29(32)23(22)2)11-12-27-33(4)21-24(20-25-10-9-19-40-25)30(37)36(7,31(38)39-8)28(33)14-16-35(27,34)6/h9-11,19-20,22-23,27-29H,12-18,21H2,1-8H3/b24-20+/t22-,23+,27-,28-,29+,32-,33-,34-,35-,36-/m1/s1. The Labute approximate surface area is 246 Å². The van der Waals surface area contributed by atoms with E-state index in [9.17, 15) is 9.59 Å². The highest BCUT2D eigenvalue weighted by Crippen LogP contribution is 2.75. The number of rotatable bonds is 2. The van der Waals surface area contributed by atoms with Gasteiger partial charge in [-0.05, 0) is 133 Å². The van der Waals surface area contributed by atoms with Gasteiger partial charge in [0, 0.05) is 4.88 Å². The van der Waals surface area contributed by atoms with Gasteiger partial charge in [0.1, 0.15) is 5.41 Å². The third-order valence-corrected chi connectivity index (χ3v) is 15.0. The van der Waals surface area contributed by atoms with Crippen LogP contribution in [0.5, 0.6) is 0 Å². The number of ether oxygens (including phenoxy) is 1. The minimum atomic E-state index is -1.14. The quantitative estimate of drug-likeness (QED) is 0.156. The lowest BCUT2D eigenvalue weighted by atomic mass is 9.33. The molecule has 0 spiro atoms. The fourth-order valence-corrected chi connectivity index (χ4v) is 12.2. The van der Waals surface area contributed by atoms with E-state index in [4.69, 9.17) is 4.74 Å². The predicted octanol–water partition coefficient (Wildman–Crippen LogP) is 9.14. The maximum atomic E-state index is 14.2. The van der Waals surface area contributed by atoms with Crippen molar-refractivity contribution in [3.05, 3.63) is 39.6 Å². The van der Waals surface area contributed by atoms with Crippen LogP contribution in [0.4, 0.5) is 0 Å². The molecule has 3 nitrogen and oxygen atoms in total. The second-order valence-electron chi connectivity index (χ2n) is 15.7. The zero-order valence-corrected chi connectivity index (χ0v) is 26.9. The summed E-state index contributed by atoms with van der Waals surface area (Å²) in [5, 5.41) is 2.06. The number of fused-ring (bicyclic) bond motifs is 7. The molecule has 0 amide bonds. The molecule has 4 fully saturated rings.